The molecule has 2 N–H and O–H groups in total. The van der Waals surface area contributed by atoms with Crippen molar-refractivity contribution in [2.75, 3.05) is 12.4 Å². The molecule has 1 aliphatic rings. The molecule has 4 aromatic rings. The standard InChI is InChI=1S/C31H28N4O5/c1-39-26-16-6-5-15-25(26)29(36)34-23-14-9-12-22(18-23)28-27(30(37)33-19-24-13-7-8-17-32-24)35(31(38)40-28)20-21-10-3-2-4-11-21/h2-18,27-28H,19-20H2,1H3,(H,33,37)(H,34,36). The van der Waals surface area contributed by atoms with Crippen molar-refractivity contribution in [3.63, 3.8) is 0 Å². The fourth-order valence-electron chi connectivity index (χ4n) is 4.60. The molecule has 3 aromatic carbocycles. The Morgan fingerprint density at radius 2 is 1.73 bits per heavy atom. The van der Waals surface area contributed by atoms with E-state index >= 15 is 0 Å². The molecule has 3 amide bonds. The normalized spacial score (nSPS) is 16.2. The van der Waals surface area contributed by atoms with Crippen molar-refractivity contribution in [3.05, 3.63) is 126 Å². The van der Waals surface area contributed by atoms with Crippen LogP contribution in [0.5, 0.6) is 5.75 Å². The maximum atomic E-state index is 13.6. The van der Waals surface area contributed by atoms with Gasteiger partial charge in [-0.25, -0.2) is 4.79 Å². The minimum Gasteiger partial charge on any atom is -0.496 e. The van der Waals surface area contributed by atoms with Crippen molar-refractivity contribution < 1.29 is 23.9 Å². The molecule has 9 heteroatoms. The molecule has 1 saturated heterocycles. The van der Waals surface area contributed by atoms with Gasteiger partial charge in [-0.15, -0.1) is 0 Å². The summed E-state index contributed by atoms with van der Waals surface area (Å²) in [5, 5.41) is 5.77. The first kappa shape index (κ1) is 26.4. The van der Waals surface area contributed by atoms with Gasteiger partial charge in [0.2, 0.25) is 5.91 Å². The summed E-state index contributed by atoms with van der Waals surface area (Å²) in [7, 11) is 1.50. The first-order valence-corrected chi connectivity index (χ1v) is 12.8. The van der Waals surface area contributed by atoms with Crippen molar-refractivity contribution in [3.8, 4) is 5.75 Å². The van der Waals surface area contributed by atoms with Gasteiger partial charge in [-0.3, -0.25) is 19.5 Å². The van der Waals surface area contributed by atoms with E-state index in [4.69, 9.17) is 9.47 Å². The number of hydrogen-bond donors (Lipinski definition) is 2. The van der Waals surface area contributed by atoms with E-state index in [-0.39, 0.29) is 24.9 Å². The Kier molecular flexibility index (Phi) is 8.01. The highest BCUT2D eigenvalue weighted by Crippen LogP contribution is 2.35. The van der Waals surface area contributed by atoms with Crippen LogP contribution in [0.2, 0.25) is 0 Å². The Balaban J connectivity index is 1.41. The highest BCUT2D eigenvalue weighted by atomic mass is 16.6. The molecule has 2 atom stereocenters. The van der Waals surface area contributed by atoms with Gasteiger partial charge in [0, 0.05) is 11.9 Å². The first-order valence-electron chi connectivity index (χ1n) is 12.8. The summed E-state index contributed by atoms with van der Waals surface area (Å²) >= 11 is 0. The number of aromatic nitrogens is 1. The summed E-state index contributed by atoms with van der Waals surface area (Å²) in [4.78, 5) is 45.3. The van der Waals surface area contributed by atoms with Crippen LogP contribution in [0.4, 0.5) is 10.5 Å². The zero-order valence-corrected chi connectivity index (χ0v) is 21.8. The Morgan fingerprint density at radius 3 is 2.50 bits per heavy atom. The number of carbonyl (C=O) groups is 3. The maximum Gasteiger partial charge on any atom is 0.411 e. The number of anilines is 1. The fourth-order valence-corrected chi connectivity index (χ4v) is 4.60. The molecule has 0 bridgehead atoms. The van der Waals surface area contributed by atoms with Gasteiger partial charge in [0.05, 0.1) is 31.5 Å². The first-order chi connectivity index (χ1) is 19.5. The molecule has 2 heterocycles. The summed E-state index contributed by atoms with van der Waals surface area (Å²) in [5.74, 6) is -0.281. The number of carbonyl (C=O) groups excluding carboxylic acids is 3. The molecule has 0 saturated carbocycles. The number of hydrogen-bond acceptors (Lipinski definition) is 6. The minimum atomic E-state index is -0.948. The molecule has 2 unspecified atom stereocenters. The number of amides is 3. The molecule has 1 aromatic heterocycles. The van der Waals surface area contributed by atoms with Crippen LogP contribution in [0.1, 0.15) is 33.3 Å². The number of methoxy groups -OCH3 is 1. The average molecular weight is 537 g/mol. The molecular weight excluding hydrogens is 508 g/mol. The SMILES string of the molecule is COc1ccccc1C(=O)Nc1cccc(C2OC(=O)N(Cc3ccccc3)C2C(=O)NCc2ccccn2)c1. The summed E-state index contributed by atoms with van der Waals surface area (Å²) in [6.07, 6.45) is 0.150. The van der Waals surface area contributed by atoms with E-state index in [1.54, 1.807) is 60.8 Å². The lowest BCUT2D eigenvalue weighted by molar-refractivity contribution is -0.126. The van der Waals surface area contributed by atoms with Crippen LogP contribution in [0.3, 0.4) is 0 Å². The van der Waals surface area contributed by atoms with Crippen LogP contribution in [-0.4, -0.2) is 40.9 Å². The number of benzene rings is 3. The van der Waals surface area contributed by atoms with Gasteiger partial charge in [-0.1, -0.05) is 60.7 Å². The van der Waals surface area contributed by atoms with Gasteiger partial charge < -0.3 is 20.1 Å². The van der Waals surface area contributed by atoms with Gasteiger partial charge >= 0.3 is 6.09 Å². The highest BCUT2D eigenvalue weighted by Gasteiger charge is 2.47. The van der Waals surface area contributed by atoms with Crippen LogP contribution < -0.4 is 15.4 Å². The van der Waals surface area contributed by atoms with E-state index < -0.39 is 18.2 Å². The van der Waals surface area contributed by atoms with E-state index in [9.17, 15) is 14.4 Å². The Morgan fingerprint density at radius 1 is 0.950 bits per heavy atom. The number of ether oxygens (including phenoxy) is 2. The van der Waals surface area contributed by atoms with Crippen LogP contribution in [0.15, 0.2) is 103 Å². The summed E-state index contributed by atoms with van der Waals surface area (Å²) in [6, 6.07) is 27.7. The molecule has 1 aliphatic heterocycles. The zero-order valence-electron chi connectivity index (χ0n) is 21.8. The Labute approximate surface area is 231 Å². The number of nitrogens with one attached hydrogen (secondary N) is 2. The lowest BCUT2D eigenvalue weighted by Gasteiger charge is -2.24. The highest BCUT2D eigenvalue weighted by molar-refractivity contribution is 6.06. The maximum absolute atomic E-state index is 13.6. The average Bonchev–Trinajstić information content (AvgIpc) is 3.32. The van der Waals surface area contributed by atoms with Gasteiger partial charge in [-0.2, -0.15) is 0 Å². The van der Waals surface area contributed by atoms with Crippen molar-refractivity contribution in [1.82, 2.24) is 15.2 Å². The number of para-hydroxylation sites is 1. The Bertz CT molecular complexity index is 1500. The lowest BCUT2D eigenvalue weighted by Crippen LogP contribution is -2.46. The number of rotatable bonds is 9. The zero-order chi connectivity index (χ0) is 27.9. The quantitative estimate of drug-likeness (QED) is 0.320. The molecule has 9 nitrogen and oxygen atoms in total. The molecule has 5 rings (SSSR count). The molecule has 0 radical (unpaired) electrons. The van der Waals surface area contributed by atoms with Gasteiger partial charge in [0.1, 0.15) is 5.75 Å². The lowest BCUT2D eigenvalue weighted by atomic mass is 10.00. The Hall–Kier alpha value is -5.18. The number of pyridine rings is 1. The minimum absolute atomic E-state index is 0.197. The third-order valence-corrected chi connectivity index (χ3v) is 6.54. The molecule has 0 aliphatic carbocycles. The second-order valence-electron chi connectivity index (χ2n) is 9.18. The van der Waals surface area contributed by atoms with Gasteiger partial charge in [0.25, 0.3) is 5.91 Å². The molecule has 0 spiro atoms. The van der Waals surface area contributed by atoms with Crippen LogP contribution in [0.25, 0.3) is 0 Å². The molecule has 40 heavy (non-hydrogen) atoms. The topological polar surface area (TPSA) is 110 Å². The van der Waals surface area contributed by atoms with Crippen molar-refractivity contribution in [2.24, 2.45) is 0 Å². The monoisotopic (exact) mass is 536 g/mol. The van der Waals surface area contributed by atoms with E-state index in [0.29, 0.717) is 28.3 Å². The van der Waals surface area contributed by atoms with E-state index in [0.717, 1.165) is 5.56 Å². The van der Waals surface area contributed by atoms with Crippen molar-refractivity contribution in [1.29, 1.82) is 0 Å². The molecular formula is C31H28N4O5. The molecule has 1 fully saturated rings. The second kappa shape index (κ2) is 12.1. The predicted octanol–water partition coefficient (Wildman–Crippen LogP) is 4.72. The summed E-state index contributed by atoms with van der Waals surface area (Å²) < 4.78 is 11.1. The smallest absolute Gasteiger partial charge is 0.411 e. The van der Waals surface area contributed by atoms with Crippen LogP contribution in [-0.2, 0) is 22.6 Å². The van der Waals surface area contributed by atoms with E-state index in [1.165, 1.54) is 12.0 Å². The largest absolute Gasteiger partial charge is 0.496 e. The second-order valence-corrected chi connectivity index (χ2v) is 9.18. The predicted molar refractivity (Wildman–Crippen MR) is 148 cm³/mol. The van der Waals surface area contributed by atoms with Crippen LogP contribution in [0, 0.1) is 0 Å². The van der Waals surface area contributed by atoms with Crippen LogP contribution >= 0.6 is 0 Å². The van der Waals surface area contributed by atoms with Crippen molar-refractivity contribution >= 4 is 23.6 Å². The van der Waals surface area contributed by atoms with E-state index in [2.05, 4.69) is 15.6 Å². The third-order valence-electron chi connectivity index (χ3n) is 6.54. The van der Waals surface area contributed by atoms with Gasteiger partial charge in [-0.05, 0) is 47.5 Å². The van der Waals surface area contributed by atoms with Gasteiger partial charge in [0.15, 0.2) is 12.1 Å². The molecule has 202 valence electrons. The summed E-state index contributed by atoms with van der Waals surface area (Å²) in [5.41, 5.74) is 2.98. The number of cyclic esters (lactones) is 1. The third kappa shape index (κ3) is 5.94. The summed E-state index contributed by atoms with van der Waals surface area (Å²) in [6.45, 7) is 0.396. The number of nitrogens with zero attached hydrogens (tertiary/aromatic N) is 2. The van der Waals surface area contributed by atoms with E-state index in [1.807, 2.05) is 42.5 Å². The van der Waals surface area contributed by atoms with Crippen molar-refractivity contribution in [2.45, 2.75) is 25.2 Å². The fraction of sp³-hybridized carbons (Fsp3) is 0.161.